The van der Waals surface area contributed by atoms with Crippen LogP contribution in [0.25, 0.3) is 0 Å². The Morgan fingerprint density at radius 2 is 0.718 bits per heavy atom. The van der Waals surface area contributed by atoms with Gasteiger partial charge >= 0.3 is 5.97 Å². The molecule has 0 amide bonds. The number of carbonyl (C=O) groups excluding carboxylic acids is 1. The molecule has 0 N–H and O–H groups in total. The molecule has 0 aromatic rings. The van der Waals surface area contributed by atoms with Crippen molar-refractivity contribution in [2.24, 2.45) is 5.41 Å². The van der Waals surface area contributed by atoms with Crippen molar-refractivity contribution in [2.75, 3.05) is 6.61 Å². The van der Waals surface area contributed by atoms with Gasteiger partial charge in [-0.2, -0.15) is 0 Å². The standard InChI is InChI=1S/C37H74O2/c1-5-8-11-14-17-19-20-21-22-23-24-26-29-32-36(38)39-35-37(4,33-30-27-16-13-10-7-3)34-31-28-25-18-15-12-9-6-2/h5-35H2,1-4H3. The summed E-state index contributed by atoms with van der Waals surface area (Å²) >= 11 is 0. The average Bonchev–Trinajstić information content (AvgIpc) is 2.93. The van der Waals surface area contributed by atoms with Crippen LogP contribution in [0.2, 0.25) is 0 Å². The molecular formula is C37H74O2. The molecule has 39 heavy (non-hydrogen) atoms. The van der Waals surface area contributed by atoms with Crippen LogP contribution in [-0.2, 0) is 9.53 Å². The lowest BCUT2D eigenvalue weighted by molar-refractivity contribution is -0.147. The molecule has 2 nitrogen and oxygen atoms in total. The third-order valence-corrected chi connectivity index (χ3v) is 8.83. The Labute approximate surface area is 247 Å². The first-order valence-electron chi connectivity index (χ1n) is 18.2. The lowest BCUT2D eigenvalue weighted by Crippen LogP contribution is -2.25. The summed E-state index contributed by atoms with van der Waals surface area (Å²) in [5.41, 5.74) is 0.165. The van der Waals surface area contributed by atoms with Gasteiger partial charge in [0.25, 0.3) is 0 Å². The van der Waals surface area contributed by atoms with Gasteiger partial charge < -0.3 is 4.74 Å². The number of hydrogen-bond acceptors (Lipinski definition) is 2. The van der Waals surface area contributed by atoms with E-state index in [-0.39, 0.29) is 11.4 Å². The van der Waals surface area contributed by atoms with Crippen LogP contribution >= 0.6 is 0 Å². The normalized spacial score (nSPS) is 13.0. The van der Waals surface area contributed by atoms with E-state index in [9.17, 15) is 4.79 Å². The lowest BCUT2D eigenvalue weighted by Gasteiger charge is -2.29. The highest BCUT2D eigenvalue weighted by atomic mass is 16.5. The Morgan fingerprint density at radius 1 is 0.436 bits per heavy atom. The Kier molecular flexibility index (Phi) is 30.0. The monoisotopic (exact) mass is 551 g/mol. The molecule has 0 saturated heterocycles. The zero-order valence-electron chi connectivity index (χ0n) is 27.7. The van der Waals surface area contributed by atoms with E-state index < -0.39 is 0 Å². The predicted octanol–water partition coefficient (Wildman–Crippen LogP) is 13.3. The van der Waals surface area contributed by atoms with Crippen molar-refractivity contribution in [3.8, 4) is 0 Å². The van der Waals surface area contributed by atoms with Crippen LogP contribution in [0.1, 0.15) is 220 Å². The van der Waals surface area contributed by atoms with Gasteiger partial charge in [0, 0.05) is 11.8 Å². The summed E-state index contributed by atoms with van der Waals surface area (Å²) in [6, 6.07) is 0. The summed E-state index contributed by atoms with van der Waals surface area (Å²) < 4.78 is 5.89. The van der Waals surface area contributed by atoms with Crippen molar-refractivity contribution in [3.05, 3.63) is 0 Å². The van der Waals surface area contributed by atoms with Gasteiger partial charge in [-0.15, -0.1) is 0 Å². The van der Waals surface area contributed by atoms with Gasteiger partial charge in [-0.25, -0.2) is 0 Å². The van der Waals surface area contributed by atoms with Crippen molar-refractivity contribution >= 4 is 5.97 Å². The van der Waals surface area contributed by atoms with Gasteiger partial charge in [0.1, 0.15) is 0 Å². The number of rotatable bonds is 32. The largest absolute Gasteiger partial charge is 0.465 e. The summed E-state index contributed by atoms with van der Waals surface area (Å²) in [5.74, 6) is 0.0446. The van der Waals surface area contributed by atoms with Crippen molar-refractivity contribution in [3.63, 3.8) is 0 Å². The number of ether oxygens (including phenoxy) is 1. The highest BCUT2D eigenvalue weighted by Gasteiger charge is 2.25. The van der Waals surface area contributed by atoms with E-state index in [4.69, 9.17) is 4.74 Å². The topological polar surface area (TPSA) is 26.3 Å². The minimum Gasteiger partial charge on any atom is -0.465 e. The van der Waals surface area contributed by atoms with Gasteiger partial charge in [0.2, 0.25) is 0 Å². The van der Waals surface area contributed by atoms with Crippen molar-refractivity contribution in [1.82, 2.24) is 0 Å². The van der Waals surface area contributed by atoms with E-state index in [0.29, 0.717) is 13.0 Å². The SMILES string of the molecule is CCCCCCCCCCCCCCCC(=O)OCC(C)(CCCCCCCC)CCCCCCCCCC. The van der Waals surface area contributed by atoms with Gasteiger partial charge in [0.05, 0.1) is 6.61 Å². The molecule has 0 aliphatic heterocycles. The summed E-state index contributed by atoms with van der Waals surface area (Å²) in [7, 11) is 0. The summed E-state index contributed by atoms with van der Waals surface area (Å²) in [6.07, 6.45) is 39.4. The summed E-state index contributed by atoms with van der Waals surface area (Å²) in [6.45, 7) is 9.88. The maximum atomic E-state index is 12.5. The number of esters is 1. The molecule has 0 aromatic heterocycles. The third-order valence-electron chi connectivity index (χ3n) is 8.83. The fourth-order valence-corrected chi connectivity index (χ4v) is 5.90. The molecule has 0 radical (unpaired) electrons. The van der Waals surface area contributed by atoms with Gasteiger partial charge in [-0.05, 0) is 19.3 Å². The quantitative estimate of drug-likeness (QED) is 0.0615. The Balaban J connectivity index is 4.02. The summed E-state index contributed by atoms with van der Waals surface area (Å²) in [4.78, 5) is 12.5. The van der Waals surface area contributed by atoms with Gasteiger partial charge in [0.15, 0.2) is 0 Å². The second-order valence-electron chi connectivity index (χ2n) is 13.2. The van der Waals surface area contributed by atoms with Gasteiger partial charge in [-0.3, -0.25) is 4.79 Å². The fourth-order valence-electron chi connectivity index (χ4n) is 5.90. The van der Waals surface area contributed by atoms with Crippen molar-refractivity contribution < 1.29 is 9.53 Å². The zero-order valence-corrected chi connectivity index (χ0v) is 27.7. The first kappa shape index (κ1) is 38.5. The molecule has 1 unspecified atom stereocenters. The summed E-state index contributed by atoms with van der Waals surface area (Å²) in [5, 5.41) is 0. The van der Waals surface area contributed by atoms with Crippen LogP contribution in [-0.4, -0.2) is 12.6 Å². The maximum absolute atomic E-state index is 12.5. The smallest absolute Gasteiger partial charge is 0.305 e. The van der Waals surface area contributed by atoms with E-state index >= 15 is 0 Å². The lowest BCUT2D eigenvalue weighted by atomic mass is 9.80. The average molecular weight is 551 g/mol. The molecule has 0 rings (SSSR count). The molecule has 0 spiro atoms. The molecule has 2 heteroatoms. The number of unbranched alkanes of at least 4 members (excludes halogenated alkanes) is 24. The van der Waals surface area contributed by atoms with E-state index in [2.05, 4.69) is 27.7 Å². The minimum atomic E-state index is 0.0446. The highest BCUT2D eigenvalue weighted by Crippen LogP contribution is 2.32. The first-order valence-corrected chi connectivity index (χ1v) is 18.2. The van der Waals surface area contributed by atoms with E-state index in [1.165, 1.54) is 180 Å². The van der Waals surface area contributed by atoms with Gasteiger partial charge in [-0.1, -0.05) is 195 Å². The Morgan fingerprint density at radius 3 is 1.05 bits per heavy atom. The third kappa shape index (κ3) is 28.8. The number of carbonyl (C=O) groups is 1. The Hall–Kier alpha value is -0.530. The molecule has 234 valence electrons. The highest BCUT2D eigenvalue weighted by molar-refractivity contribution is 5.69. The predicted molar refractivity (Wildman–Crippen MR) is 175 cm³/mol. The molecule has 0 bridgehead atoms. The molecule has 0 heterocycles. The zero-order chi connectivity index (χ0) is 28.7. The van der Waals surface area contributed by atoms with Crippen LogP contribution in [0, 0.1) is 5.41 Å². The van der Waals surface area contributed by atoms with E-state index in [0.717, 1.165) is 6.42 Å². The molecule has 0 aliphatic carbocycles. The molecular weight excluding hydrogens is 476 g/mol. The second kappa shape index (κ2) is 30.4. The second-order valence-corrected chi connectivity index (χ2v) is 13.2. The maximum Gasteiger partial charge on any atom is 0.305 e. The van der Waals surface area contributed by atoms with Crippen LogP contribution in [0.3, 0.4) is 0 Å². The molecule has 0 aromatic carbocycles. The van der Waals surface area contributed by atoms with Crippen molar-refractivity contribution in [1.29, 1.82) is 0 Å². The van der Waals surface area contributed by atoms with Crippen LogP contribution in [0.15, 0.2) is 0 Å². The van der Waals surface area contributed by atoms with Crippen LogP contribution in [0.5, 0.6) is 0 Å². The van der Waals surface area contributed by atoms with Crippen molar-refractivity contribution in [2.45, 2.75) is 220 Å². The Bertz CT molecular complexity index is 488. The van der Waals surface area contributed by atoms with Crippen LogP contribution < -0.4 is 0 Å². The minimum absolute atomic E-state index is 0.0446. The fraction of sp³-hybridized carbons (Fsp3) is 0.973. The van der Waals surface area contributed by atoms with E-state index in [1.54, 1.807) is 0 Å². The molecule has 0 fully saturated rings. The number of hydrogen-bond donors (Lipinski definition) is 0. The molecule has 1 atom stereocenters. The molecule has 0 aliphatic rings. The molecule has 0 saturated carbocycles. The van der Waals surface area contributed by atoms with Crippen LogP contribution in [0.4, 0.5) is 0 Å². The first-order chi connectivity index (χ1) is 19.1. The van der Waals surface area contributed by atoms with E-state index in [1.807, 2.05) is 0 Å².